The molecular weight excluding hydrogens is 256 g/mol. The number of aliphatic hydroxyl groups is 1. The highest BCUT2D eigenvalue weighted by Crippen LogP contribution is 2.27. The molecule has 0 aliphatic heterocycles. The van der Waals surface area contributed by atoms with Crippen LogP contribution in [-0.4, -0.2) is 33.1 Å². The third kappa shape index (κ3) is 3.96. The third-order valence-corrected chi connectivity index (χ3v) is 3.74. The highest BCUT2D eigenvalue weighted by molar-refractivity contribution is 5.88. The maximum atomic E-state index is 11.8. The minimum Gasteiger partial charge on any atom is -0.388 e. The summed E-state index contributed by atoms with van der Waals surface area (Å²) in [6.07, 6.45) is 6.57. The third-order valence-electron chi connectivity index (χ3n) is 3.74. The molecule has 2 amide bonds. The first kappa shape index (κ1) is 14.8. The first-order valence-electron chi connectivity index (χ1n) is 7.31. The minimum atomic E-state index is -0.743. The smallest absolute Gasteiger partial charge is 0.320 e. The number of carbonyl (C=O) groups is 1. The summed E-state index contributed by atoms with van der Waals surface area (Å²) in [5.74, 6) is 0.520. The quantitative estimate of drug-likeness (QED) is 0.791. The van der Waals surface area contributed by atoms with E-state index in [2.05, 4.69) is 15.7 Å². The van der Waals surface area contributed by atoms with Crippen molar-refractivity contribution >= 4 is 11.8 Å². The van der Waals surface area contributed by atoms with Gasteiger partial charge in [-0.15, -0.1) is 0 Å². The van der Waals surface area contributed by atoms with Crippen molar-refractivity contribution in [3.63, 3.8) is 0 Å². The van der Waals surface area contributed by atoms with E-state index < -0.39 is 5.60 Å². The lowest BCUT2D eigenvalue weighted by molar-refractivity contribution is 0.00755. The van der Waals surface area contributed by atoms with Crippen LogP contribution in [0.2, 0.25) is 0 Å². The zero-order chi connectivity index (χ0) is 14.6. The second kappa shape index (κ2) is 6.26. The molecule has 0 radical (unpaired) electrons. The molecule has 112 valence electrons. The highest BCUT2D eigenvalue weighted by atomic mass is 16.3. The molecule has 1 aliphatic carbocycles. The molecule has 1 heterocycles. The van der Waals surface area contributed by atoms with Gasteiger partial charge < -0.3 is 10.4 Å². The van der Waals surface area contributed by atoms with Gasteiger partial charge in [0.15, 0.2) is 5.82 Å². The van der Waals surface area contributed by atoms with Gasteiger partial charge >= 0.3 is 6.03 Å². The molecule has 6 heteroatoms. The Hall–Kier alpha value is -1.56. The van der Waals surface area contributed by atoms with Crippen molar-refractivity contribution in [3.05, 3.63) is 12.3 Å². The summed E-state index contributed by atoms with van der Waals surface area (Å²) in [4.78, 5) is 11.8. The van der Waals surface area contributed by atoms with Gasteiger partial charge in [0.2, 0.25) is 0 Å². The molecule has 1 aliphatic rings. The monoisotopic (exact) mass is 280 g/mol. The molecule has 2 rings (SSSR count). The van der Waals surface area contributed by atoms with E-state index in [0.717, 1.165) is 25.7 Å². The van der Waals surface area contributed by atoms with Gasteiger partial charge in [0, 0.05) is 24.8 Å². The lowest BCUT2D eigenvalue weighted by Crippen LogP contribution is -2.45. The lowest BCUT2D eigenvalue weighted by atomic mass is 9.85. The minimum absolute atomic E-state index is 0.261. The van der Waals surface area contributed by atoms with Crippen LogP contribution in [0, 0.1) is 0 Å². The van der Waals surface area contributed by atoms with E-state index in [0.29, 0.717) is 12.4 Å². The molecule has 0 saturated heterocycles. The van der Waals surface area contributed by atoms with E-state index in [4.69, 9.17) is 0 Å². The van der Waals surface area contributed by atoms with Gasteiger partial charge in [-0.1, -0.05) is 19.3 Å². The fraction of sp³-hybridized carbons (Fsp3) is 0.714. The zero-order valence-corrected chi connectivity index (χ0v) is 12.2. The Morgan fingerprint density at radius 3 is 2.75 bits per heavy atom. The Labute approximate surface area is 119 Å². The van der Waals surface area contributed by atoms with E-state index >= 15 is 0 Å². The van der Waals surface area contributed by atoms with Gasteiger partial charge in [-0.05, 0) is 26.7 Å². The van der Waals surface area contributed by atoms with Crippen LogP contribution in [0.5, 0.6) is 0 Å². The number of carbonyl (C=O) groups excluding carboxylic acids is 1. The lowest BCUT2D eigenvalue weighted by Gasteiger charge is -2.32. The van der Waals surface area contributed by atoms with Gasteiger partial charge in [0.05, 0.1) is 5.60 Å². The number of nitrogens with one attached hydrogen (secondary N) is 2. The number of anilines is 1. The van der Waals surface area contributed by atoms with Crippen molar-refractivity contribution in [2.45, 2.75) is 57.6 Å². The number of nitrogens with zero attached hydrogens (tertiary/aromatic N) is 2. The van der Waals surface area contributed by atoms with E-state index in [-0.39, 0.29) is 12.1 Å². The first-order chi connectivity index (χ1) is 9.48. The van der Waals surface area contributed by atoms with Gasteiger partial charge in [0.25, 0.3) is 0 Å². The topological polar surface area (TPSA) is 79.2 Å². The second-order valence-corrected chi connectivity index (χ2v) is 5.87. The van der Waals surface area contributed by atoms with Crippen molar-refractivity contribution in [2.24, 2.45) is 0 Å². The molecular formula is C14H24N4O2. The molecule has 1 aromatic heterocycles. The molecule has 0 unspecified atom stereocenters. The van der Waals surface area contributed by atoms with Crippen LogP contribution in [0.3, 0.4) is 0 Å². The maximum Gasteiger partial charge on any atom is 0.320 e. The van der Waals surface area contributed by atoms with Crippen molar-refractivity contribution in [1.82, 2.24) is 15.1 Å². The van der Waals surface area contributed by atoms with Crippen molar-refractivity contribution < 1.29 is 9.90 Å². The summed E-state index contributed by atoms with van der Waals surface area (Å²) < 4.78 is 1.78. The summed E-state index contributed by atoms with van der Waals surface area (Å²) in [6.45, 7) is 4.34. The fourth-order valence-corrected chi connectivity index (χ4v) is 2.48. The second-order valence-electron chi connectivity index (χ2n) is 5.87. The summed E-state index contributed by atoms with van der Waals surface area (Å²) in [7, 11) is 0. The molecule has 3 N–H and O–H groups in total. The molecule has 0 aromatic carbocycles. The molecule has 6 nitrogen and oxygen atoms in total. The van der Waals surface area contributed by atoms with Crippen molar-refractivity contribution in [3.8, 4) is 0 Å². The number of urea groups is 1. The van der Waals surface area contributed by atoms with E-state index in [1.165, 1.54) is 6.42 Å². The first-order valence-corrected chi connectivity index (χ1v) is 7.31. The summed E-state index contributed by atoms with van der Waals surface area (Å²) in [5.41, 5.74) is -0.743. The maximum absolute atomic E-state index is 11.8. The summed E-state index contributed by atoms with van der Waals surface area (Å²) >= 11 is 0. The van der Waals surface area contributed by atoms with E-state index in [1.54, 1.807) is 10.7 Å². The van der Waals surface area contributed by atoms with Crippen molar-refractivity contribution in [2.75, 3.05) is 11.9 Å². The van der Waals surface area contributed by atoms with Crippen LogP contribution in [0.25, 0.3) is 0 Å². The largest absolute Gasteiger partial charge is 0.388 e. The molecule has 0 spiro atoms. The SMILES string of the molecule is CC(C)n1ccc(NC(=O)NCC2(O)CCCCC2)n1. The van der Waals surface area contributed by atoms with Crippen molar-refractivity contribution in [1.29, 1.82) is 0 Å². The van der Waals surface area contributed by atoms with Crippen LogP contribution in [-0.2, 0) is 0 Å². The van der Waals surface area contributed by atoms with Crippen LogP contribution < -0.4 is 10.6 Å². The van der Waals surface area contributed by atoms with Gasteiger partial charge in [-0.25, -0.2) is 4.79 Å². The van der Waals surface area contributed by atoms with E-state index in [9.17, 15) is 9.90 Å². The normalized spacial score (nSPS) is 18.0. The van der Waals surface area contributed by atoms with Gasteiger partial charge in [-0.3, -0.25) is 10.00 Å². The number of aromatic nitrogens is 2. The average molecular weight is 280 g/mol. The van der Waals surface area contributed by atoms with Crippen LogP contribution in [0.4, 0.5) is 10.6 Å². The molecule has 1 fully saturated rings. The molecule has 1 aromatic rings. The van der Waals surface area contributed by atoms with Gasteiger partial charge in [-0.2, -0.15) is 5.10 Å². The van der Waals surface area contributed by atoms with Crippen LogP contribution in [0.15, 0.2) is 12.3 Å². The molecule has 0 bridgehead atoms. The van der Waals surface area contributed by atoms with E-state index in [1.807, 2.05) is 20.0 Å². The predicted octanol–water partition coefficient (Wildman–Crippen LogP) is 2.28. The average Bonchev–Trinajstić information content (AvgIpc) is 2.86. The Morgan fingerprint density at radius 2 is 2.15 bits per heavy atom. The number of hydrogen-bond donors (Lipinski definition) is 3. The molecule has 0 atom stereocenters. The molecule has 1 saturated carbocycles. The Balaban J connectivity index is 1.79. The summed E-state index contributed by atoms with van der Waals surface area (Å²) in [5, 5.41) is 20.0. The Morgan fingerprint density at radius 1 is 1.45 bits per heavy atom. The Kier molecular flexibility index (Phi) is 4.65. The molecule has 20 heavy (non-hydrogen) atoms. The number of amides is 2. The summed E-state index contributed by atoms with van der Waals surface area (Å²) in [6, 6.07) is 1.70. The predicted molar refractivity (Wildman–Crippen MR) is 77.7 cm³/mol. The zero-order valence-electron chi connectivity index (χ0n) is 12.2. The van der Waals surface area contributed by atoms with Crippen LogP contribution in [0.1, 0.15) is 52.0 Å². The fourth-order valence-electron chi connectivity index (χ4n) is 2.48. The Bertz CT molecular complexity index is 450. The highest BCUT2D eigenvalue weighted by Gasteiger charge is 2.29. The van der Waals surface area contributed by atoms with Crippen LogP contribution >= 0.6 is 0 Å². The standard InChI is InChI=1S/C14H24N4O2/c1-11(2)18-9-6-12(17-18)16-13(19)15-10-14(20)7-4-3-5-8-14/h6,9,11,20H,3-5,7-8,10H2,1-2H3,(H2,15,16,17,19). The number of rotatable bonds is 4. The van der Waals surface area contributed by atoms with Gasteiger partial charge in [0.1, 0.15) is 0 Å². The number of hydrogen-bond acceptors (Lipinski definition) is 3.